The van der Waals surface area contributed by atoms with Crippen LogP contribution in [-0.4, -0.2) is 26.3 Å². The Morgan fingerprint density at radius 1 is 1.12 bits per heavy atom. The summed E-state index contributed by atoms with van der Waals surface area (Å²) in [5, 5.41) is 17.4. The van der Waals surface area contributed by atoms with Crippen LogP contribution in [0, 0.1) is 0 Å². The third kappa shape index (κ3) is 2.54. The van der Waals surface area contributed by atoms with Crippen LogP contribution >= 0.6 is 11.8 Å². The maximum Gasteiger partial charge on any atom is 0.356 e. The molecule has 1 N–H and O–H groups in total. The summed E-state index contributed by atoms with van der Waals surface area (Å²) in [6.45, 7) is 0. The van der Waals surface area contributed by atoms with E-state index in [0.29, 0.717) is 5.03 Å². The second-order valence-corrected chi connectivity index (χ2v) is 3.87. The maximum atomic E-state index is 10.5. The second-order valence-electron chi connectivity index (χ2n) is 2.83. The standard InChI is InChI=1S/C10H7N3O2S/c14-10(15)7-4-5-9(13-12-7)16-8-3-1-2-6-11-8/h1-6H,(H,14,15). The minimum atomic E-state index is -1.08. The highest BCUT2D eigenvalue weighted by Gasteiger charge is 2.06. The highest BCUT2D eigenvalue weighted by atomic mass is 32.2. The zero-order valence-corrected chi connectivity index (χ0v) is 8.89. The van der Waals surface area contributed by atoms with Crippen molar-refractivity contribution in [1.82, 2.24) is 15.2 Å². The highest BCUT2D eigenvalue weighted by molar-refractivity contribution is 7.99. The van der Waals surface area contributed by atoms with Crippen molar-refractivity contribution in [2.24, 2.45) is 0 Å². The van der Waals surface area contributed by atoms with E-state index in [1.165, 1.54) is 17.8 Å². The minimum absolute atomic E-state index is 0.0645. The fourth-order valence-corrected chi connectivity index (χ4v) is 1.70. The van der Waals surface area contributed by atoms with Crippen molar-refractivity contribution in [2.45, 2.75) is 10.1 Å². The minimum Gasteiger partial charge on any atom is -0.476 e. The lowest BCUT2D eigenvalue weighted by Gasteiger charge is -1.98. The summed E-state index contributed by atoms with van der Waals surface area (Å²) in [5.41, 5.74) is -0.0645. The second kappa shape index (κ2) is 4.71. The van der Waals surface area contributed by atoms with Crippen LogP contribution in [0.2, 0.25) is 0 Å². The van der Waals surface area contributed by atoms with Gasteiger partial charge in [0.05, 0.1) is 0 Å². The lowest BCUT2D eigenvalue weighted by molar-refractivity contribution is 0.0689. The van der Waals surface area contributed by atoms with Crippen molar-refractivity contribution in [3.8, 4) is 0 Å². The quantitative estimate of drug-likeness (QED) is 0.869. The summed E-state index contributed by atoms with van der Waals surface area (Å²) in [7, 11) is 0. The number of carbonyl (C=O) groups is 1. The first-order valence-corrected chi connectivity index (χ1v) is 5.23. The lowest BCUT2D eigenvalue weighted by atomic mass is 10.4. The Morgan fingerprint density at radius 2 is 2.00 bits per heavy atom. The molecule has 2 heterocycles. The van der Waals surface area contributed by atoms with Gasteiger partial charge in [0.25, 0.3) is 0 Å². The molecule has 16 heavy (non-hydrogen) atoms. The number of nitrogens with zero attached hydrogens (tertiary/aromatic N) is 3. The average Bonchev–Trinajstić information content (AvgIpc) is 2.31. The summed E-state index contributed by atoms with van der Waals surface area (Å²) in [6, 6.07) is 8.56. The molecule has 5 nitrogen and oxygen atoms in total. The number of carboxylic acid groups (broad SMARTS) is 1. The van der Waals surface area contributed by atoms with Gasteiger partial charge in [-0.05, 0) is 36.0 Å². The van der Waals surface area contributed by atoms with E-state index >= 15 is 0 Å². The largest absolute Gasteiger partial charge is 0.476 e. The van der Waals surface area contributed by atoms with Crippen molar-refractivity contribution in [2.75, 3.05) is 0 Å². The highest BCUT2D eigenvalue weighted by Crippen LogP contribution is 2.22. The van der Waals surface area contributed by atoms with Crippen LogP contribution in [-0.2, 0) is 0 Å². The number of aromatic nitrogens is 3. The van der Waals surface area contributed by atoms with Crippen molar-refractivity contribution < 1.29 is 9.90 Å². The number of pyridine rings is 1. The fraction of sp³-hybridized carbons (Fsp3) is 0. The molecule has 2 rings (SSSR count). The first-order chi connectivity index (χ1) is 7.75. The Balaban J connectivity index is 2.14. The third-order valence-electron chi connectivity index (χ3n) is 1.71. The molecule has 0 bridgehead atoms. The topological polar surface area (TPSA) is 76.0 Å². The molecule has 0 aliphatic carbocycles. The predicted octanol–water partition coefficient (Wildman–Crippen LogP) is 1.72. The SMILES string of the molecule is O=C(O)c1ccc(Sc2ccccn2)nn1. The van der Waals surface area contributed by atoms with Crippen LogP contribution in [0.3, 0.4) is 0 Å². The van der Waals surface area contributed by atoms with Gasteiger partial charge in [-0.3, -0.25) is 0 Å². The van der Waals surface area contributed by atoms with Crippen molar-refractivity contribution in [3.63, 3.8) is 0 Å². The molecule has 2 aromatic rings. The first kappa shape index (κ1) is 10.6. The summed E-state index contributed by atoms with van der Waals surface area (Å²) < 4.78 is 0. The lowest BCUT2D eigenvalue weighted by Crippen LogP contribution is -2.01. The molecule has 2 aromatic heterocycles. The molecular formula is C10H7N3O2S. The molecule has 0 saturated carbocycles. The van der Waals surface area contributed by atoms with Gasteiger partial charge in [0.1, 0.15) is 10.1 Å². The third-order valence-corrected chi connectivity index (χ3v) is 2.58. The van der Waals surface area contributed by atoms with Gasteiger partial charge in [-0.15, -0.1) is 10.2 Å². The van der Waals surface area contributed by atoms with E-state index in [2.05, 4.69) is 15.2 Å². The zero-order valence-electron chi connectivity index (χ0n) is 8.07. The van der Waals surface area contributed by atoms with E-state index in [0.717, 1.165) is 5.03 Å². The van der Waals surface area contributed by atoms with Gasteiger partial charge in [0.2, 0.25) is 0 Å². The Morgan fingerprint density at radius 3 is 2.56 bits per heavy atom. The van der Waals surface area contributed by atoms with Crippen molar-refractivity contribution in [3.05, 3.63) is 42.2 Å². The fourth-order valence-electron chi connectivity index (χ4n) is 1.00. The molecule has 0 fully saturated rings. The van der Waals surface area contributed by atoms with Gasteiger partial charge < -0.3 is 5.11 Å². The van der Waals surface area contributed by atoms with Gasteiger partial charge in [0, 0.05) is 6.20 Å². The summed E-state index contributed by atoms with van der Waals surface area (Å²) >= 11 is 1.33. The number of aromatic carboxylic acids is 1. The first-order valence-electron chi connectivity index (χ1n) is 4.41. The van der Waals surface area contributed by atoms with Gasteiger partial charge in [-0.2, -0.15) is 0 Å². The van der Waals surface area contributed by atoms with Crippen LogP contribution in [0.1, 0.15) is 10.5 Å². The maximum absolute atomic E-state index is 10.5. The summed E-state index contributed by atoms with van der Waals surface area (Å²) in [5.74, 6) is -1.08. The number of hydrogen-bond donors (Lipinski definition) is 1. The van der Waals surface area contributed by atoms with E-state index in [1.54, 1.807) is 12.3 Å². The van der Waals surface area contributed by atoms with Crippen molar-refractivity contribution in [1.29, 1.82) is 0 Å². The summed E-state index contributed by atoms with van der Waals surface area (Å²) in [4.78, 5) is 14.7. The Hall–Kier alpha value is -1.95. The normalized spacial score (nSPS) is 10.0. The van der Waals surface area contributed by atoms with E-state index in [4.69, 9.17) is 5.11 Å². The molecule has 80 valence electrons. The van der Waals surface area contributed by atoms with Gasteiger partial charge in [-0.1, -0.05) is 6.07 Å². The molecule has 0 aliphatic rings. The number of hydrogen-bond acceptors (Lipinski definition) is 5. The summed E-state index contributed by atoms with van der Waals surface area (Å²) in [6.07, 6.45) is 1.68. The van der Waals surface area contributed by atoms with E-state index in [1.807, 2.05) is 18.2 Å². The van der Waals surface area contributed by atoms with E-state index in [9.17, 15) is 4.79 Å². The molecular weight excluding hydrogens is 226 g/mol. The molecule has 0 spiro atoms. The molecule has 0 unspecified atom stereocenters. The molecule has 0 saturated heterocycles. The molecule has 0 amide bonds. The van der Waals surface area contributed by atoms with Gasteiger partial charge in [-0.25, -0.2) is 9.78 Å². The smallest absolute Gasteiger partial charge is 0.356 e. The predicted molar refractivity (Wildman–Crippen MR) is 57.4 cm³/mol. The monoisotopic (exact) mass is 233 g/mol. The van der Waals surface area contributed by atoms with Crippen LogP contribution in [0.15, 0.2) is 46.6 Å². The van der Waals surface area contributed by atoms with Crippen LogP contribution in [0.4, 0.5) is 0 Å². The van der Waals surface area contributed by atoms with E-state index < -0.39 is 5.97 Å². The van der Waals surface area contributed by atoms with Crippen LogP contribution in [0.25, 0.3) is 0 Å². The Kier molecular flexibility index (Phi) is 3.11. The molecule has 0 atom stereocenters. The molecule has 6 heteroatoms. The zero-order chi connectivity index (χ0) is 11.4. The van der Waals surface area contributed by atoms with Gasteiger partial charge in [0.15, 0.2) is 5.69 Å². The molecule has 0 radical (unpaired) electrons. The molecule has 0 aliphatic heterocycles. The van der Waals surface area contributed by atoms with Crippen LogP contribution < -0.4 is 0 Å². The Labute approximate surface area is 95.6 Å². The van der Waals surface area contributed by atoms with Gasteiger partial charge >= 0.3 is 5.97 Å². The van der Waals surface area contributed by atoms with Crippen LogP contribution in [0.5, 0.6) is 0 Å². The average molecular weight is 233 g/mol. The van der Waals surface area contributed by atoms with Crippen molar-refractivity contribution >= 4 is 17.7 Å². The number of carboxylic acids is 1. The Bertz CT molecular complexity index is 487. The molecule has 0 aromatic carbocycles. The van der Waals surface area contributed by atoms with E-state index in [-0.39, 0.29) is 5.69 Å². The number of rotatable bonds is 3.